The molecule has 0 unspecified atom stereocenters. The third-order valence-corrected chi connectivity index (χ3v) is 5.24. The van der Waals surface area contributed by atoms with E-state index >= 15 is 0 Å². The van der Waals surface area contributed by atoms with Gasteiger partial charge in [0.25, 0.3) is 5.91 Å². The van der Waals surface area contributed by atoms with Crippen LogP contribution in [0.4, 0.5) is 5.82 Å². The number of anilines is 1. The van der Waals surface area contributed by atoms with Crippen molar-refractivity contribution >= 4 is 11.7 Å². The molecule has 0 saturated carbocycles. The Labute approximate surface area is 168 Å². The van der Waals surface area contributed by atoms with Crippen LogP contribution in [0.1, 0.15) is 35.3 Å². The molecule has 2 heterocycles. The molecule has 1 N–H and O–H groups in total. The van der Waals surface area contributed by atoms with Crippen molar-refractivity contribution in [2.45, 2.75) is 25.7 Å². The van der Waals surface area contributed by atoms with Gasteiger partial charge in [-0.1, -0.05) is 30.3 Å². The van der Waals surface area contributed by atoms with E-state index in [-0.39, 0.29) is 5.91 Å². The number of likely N-dealkylation sites (tertiary alicyclic amines) is 1. The summed E-state index contributed by atoms with van der Waals surface area (Å²) in [5, 5.41) is 11.5. The summed E-state index contributed by atoms with van der Waals surface area (Å²) in [5.74, 6) is 1.35. The molecule has 1 aromatic heterocycles. The predicted octanol–water partition coefficient (Wildman–Crippen LogP) is 2.94. The number of hydrogen-bond acceptors (Lipinski definition) is 5. The summed E-state index contributed by atoms with van der Waals surface area (Å²) < 4.78 is 0. The van der Waals surface area contributed by atoms with Crippen molar-refractivity contribution in [3.8, 4) is 0 Å². The number of carbonyl (C=O) groups is 1. The van der Waals surface area contributed by atoms with Gasteiger partial charge in [-0.25, -0.2) is 0 Å². The minimum Gasteiger partial charge on any atom is -0.369 e. The van der Waals surface area contributed by atoms with Gasteiger partial charge in [-0.2, -0.15) is 0 Å². The fourth-order valence-corrected chi connectivity index (χ4v) is 3.60. The van der Waals surface area contributed by atoms with Crippen LogP contribution in [0.25, 0.3) is 0 Å². The average molecular weight is 382 g/mol. The van der Waals surface area contributed by atoms with Gasteiger partial charge in [0.05, 0.1) is 0 Å². The highest BCUT2D eigenvalue weighted by molar-refractivity contribution is 5.92. The zero-order valence-electron chi connectivity index (χ0n) is 17.0. The first-order valence-corrected chi connectivity index (χ1v) is 10.2. The van der Waals surface area contributed by atoms with Crippen LogP contribution in [0.3, 0.4) is 0 Å². The molecular weight excluding hydrogens is 350 g/mol. The number of nitrogens with zero attached hydrogens (tertiary/aromatic N) is 4. The highest BCUT2D eigenvalue weighted by Crippen LogP contribution is 2.22. The van der Waals surface area contributed by atoms with Gasteiger partial charge in [0, 0.05) is 19.6 Å². The summed E-state index contributed by atoms with van der Waals surface area (Å²) in [5.41, 5.74) is 1.81. The van der Waals surface area contributed by atoms with Crippen LogP contribution in [-0.2, 0) is 6.42 Å². The smallest absolute Gasteiger partial charge is 0.274 e. The Balaban J connectivity index is 1.44. The van der Waals surface area contributed by atoms with Crippen molar-refractivity contribution in [1.29, 1.82) is 0 Å². The SMILES string of the molecule is CN(C)CCCNc1ccc(C(=O)N2CCC(Cc3ccccc3)CC2)nn1. The molecule has 28 heavy (non-hydrogen) atoms. The molecule has 0 atom stereocenters. The number of nitrogens with one attached hydrogen (secondary N) is 1. The fraction of sp³-hybridized carbons (Fsp3) is 0.500. The first kappa shape index (κ1) is 20.3. The number of aromatic nitrogens is 2. The molecule has 1 amide bonds. The summed E-state index contributed by atoms with van der Waals surface area (Å²) in [7, 11) is 4.12. The van der Waals surface area contributed by atoms with Gasteiger partial charge in [-0.3, -0.25) is 4.79 Å². The van der Waals surface area contributed by atoms with E-state index in [1.165, 1.54) is 5.56 Å². The molecule has 0 radical (unpaired) electrons. The van der Waals surface area contributed by atoms with Crippen molar-refractivity contribution < 1.29 is 4.79 Å². The molecule has 3 rings (SSSR count). The molecule has 2 aromatic rings. The molecule has 0 aliphatic carbocycles. The van der Waals surface area contributed by atoms with Crippen molar-refractivity contribution in [3.63, 3.8) is 0 Å². The third-order valence-electron chi connectivity index (χ3n) is 5.24. The predicted molar refractivity (Wildman–Crippen MR) is 112 cm³/mol. The molecule has 1 aromatic carbocycles. The number of carbonyl (C=O) groups excluding carboxylic acids is 1. The van der Waals surface area contributed by atoms with E-state index in [0.29, 0.717) is 11.6 Å². The fourth-order valence-electron chi connectivity index (χ4n) is 3.60. The highest BCUT2D eigenvalue weighted by Gasteiger charge is 2.24. The number of rotatable bonds is 8. The molecule has 0 bridgehead atoms. The van der Waals surface area contributed by atoms with E-state index < -0.39 is 0 Å². The normalized spacial score (nSPS) is 15.0. The average Bonchev–Trinajstić information content (AvgIpc) is 2.72. The Morgan fingerprint density at radius 2 is 1.86 bits per heavy atom. The topological polar surface area (TPSA) is 61.4 Å². The minimum absolute atomic E-state index is 0.00943. The Morgan fingerprint density at radius 3 is 2.50 bits per heavy atom. The maximum atomic E-state index is 12.7. The van der Waals surface area contributed by atoms with Crippen LogP contribution in [0, 0.1) is 5.92 Å². The van der Waals surface area contributed by atoms with Crippen molar-refractivity contribution in [1.82, 2.24) is 20.0 Å². The minimum atomic E-state index is -0.00943. The van der Waals surface area contributed by atoms with Gasteiger partial charge >= 0.3 is 0 Å². The second-order valence-electron chi connectivity index (χ2n) is 7.81. The van der Waals surface area contributed by atoms with E-state index in [9.17, 15) is 4.79 Å². The monoisotopic (exact) mass is 381 g/mol. The number of amides is 1. The largest absolute Gasteiger partial charge is 0.369 e. The molecule has 1 fully saturated rings. The lowest BCUT2D eigenvalue weighted by Gasteiger charge is -2.31. The van der Waals surface area contributed by atoms with Crippen LogP contribution < -0.4 is 5.32 Å². The lowest BCUT2D eigenvalue weighted by molar-refractivity contribution is 0.0683. The maximum absolute atomic E-state index is 12.7. The molecule has 1 saturated heterocycles. The summed E-state index contributed by atoms with van der Waals surface area (Å²) in [6, 6.07) is 14.2. The molecule has 1 aliphatic rings. The Kier molecular flexibility index (Phi) is 7.37. The quantitative estimate of drug-likeness (QED) is 0.713. The maximum Gasteiger partial charge on any atom is 0.274 e. The van der Waals surface area contributed by atoms with E-state index in [0.717, 1.165) is 57.7 Å². The Bertz CT molecular complexity index is 724. The summed E-state index contributed by atoms with van der Waals surface area (Å²) in [6.07, 6.45) is 4.21. The lowest BCUT2D eigenvalue weighted by atomic mass is 9.90. The lowest BCUT2D eigenvalue weighted by Crippen LogP contribution is -2.39. The second kappa shape index (κ2) is 10.2. The number of hydrogen-bond donors (Lipinski definition) is 1. The summed E-state index contributed by atoms with van der Waals surface area (Å²) in [6.45, 7) is 3.46. The van der Waals surface area contributed by atoms with E-state index in [2.05, 4.69) is 64.8 Å². The van der Waals surface area contributed by atoms with Gasteiger partial charge in [0.2, 0.25) is 0 Å². The third kappa shape index (κ3) is 6.02. The van der Waals surface area contributed by atoms with Gasteiger partial charge in [-0.15, -0.1) is 10.2 Å². The van der Waals surface area contributed by atoms with Crippen molar-refractivity contribution in [3.05, 3.63) is 53.7 Å². The highest BCUT2D eigenvalue weighted by atomic mass is 16.2. The van der Waals surface area contributed by atoms with Crippen LogP contribution in [0.2, 0.25) is 0 Å². The molecule has 6 nitrogen and oxygen atoms in total. The molecular formula is C22H31N5O. The standard InChI is InChI=1S/C22H31N5O/c1-26(2)14-6-13-23-21-10-9-20(24-25-21)22(28)27-15-11-19(12-16-27)17-18-7-4-3-5-8-18/h3-5,7-10,19H,6,11-17H2,1-2H3,(H,23,25). The van der Waals surface area contributed by atoms with Crippen LogP contribution in [0.5, 0.6) is 0 Å². The first-order valence-electron chi connectivity index (χ1n) is 10.2. The van der Waals surface area contributed by atoms with Crippen molar-refractivity contribution in [2.24, 2.45) is 5.92 Å². The summed E-state index contributed by atoms with van der Waals surface area (Å²) >= 11 is 0. The zero-order chi connectivity index (χ0) is 19.8. The van der Waals surface area contributed by atoms with Crippen LogP contribution >= 0.6 is 0 Å². The molecule has 1 aliphatic heterocycles. The molecule has 150 valence electrons. The molecule has 6 heteroatoms. The van der Waals surface area contributed by atoms with Gasteiger partial charge < -0.3 is 15.1 Å². The van der Waals surface area contributed by atoms with Gasteiger partial charge in [-0.05, 0) is 69.9 Å². The van der Waals surface area contributed by atoms with Gasteiger partial charge in [0.15, 0.2) is 5.69 Å². The van der Waals surface area contributed by atoms with Crippen LogP contribution in [0.15, 0.2) is 42.5 Å². The molecule has 0 spiro atoms. The Morgan fingerprint density at radius 1 is 1.11 bits per heavy atom. The zero-order valence-corrected chi connectivity index (χ0v) is 17.0. The van der Waals surface area contributed by atoms with E-state index in [1.807, 2.05) is 11.0 Å². The van der Waals surface area contributed by atoms with E-state index in [4.69, 9.17) is 0 Å². The number of benzene rings is 1. The Hall–Kier alpha value is -2.47. The van der Waals surface area contributed by atoms with Crippen LogP contribution in [-0.4, -0.2) is 66.2 Å². The second-order valence-corrected chi connectivity index (χ2v) is 7.81. The van der Waals surface area contributed by atoms with Gasteiger partial charge in [0.1, 0.15) is 5.82 Å². The van der Waals surface area contributed by atoms with E-state index in [1.54, 1.807) is 6.07 Å². The number of piperidine rings is 1. The summed E-state index contributed by atoms with van der Waals surface area (Å²) in [4.78, 5) is 16.8. The first-order chi connectivity index (χ1) is 13.6. The van der Waals surface area contributed by atoms with Crippen molar-refractivity contribution in [2.75, 3.05) is 45.6 Å².